The fraction of sp³-hybridized carbons (Fsp3) is 0.765. The number of nitrogens with two attached hydrogens (primary N) is 1. The average molecular weight is 359 g/mol. The largest absolute Gasteiger partial charge is 0.383 e. The molecule has 138 valence electrons. The fourth-order valence-electron chi connectivity index (χ4n) is 3.55. The Morgan fingerprint density at radius 3 is 2.58 bits per heavy atom. The first kappa shape index (κ1) is 20.9. The molecule has 2 rings (SSSR count). The molecular formula is C17H31ClN4O2. The maximum Gasteiger partial charge on any atom is 0.225 e. The molecule has 0 atom stereocenters. The number of rotatable bonds is 7. The molecule has 1 aliphatic rings. The smallest absolute Gasteiger partial charge is 0.225 e. The van der Waals surface area contributed by atoms with E-state index in [0.717, 1.165) is 29.9 Å². The highest BCUT2D eigenvalue weighted by Gasteiger charge is 2.33. The number of methoxy groups -OCH3 is 1. The van der Waals surface area contributed by atoms with Gasteiger partial charge in [-0.05, 0) is 38.6 Å². The van der Waals surface area contributed by atoms with Crippen molar-refractivity contribution >= 4 is 24.0 Å². The SMILES string of the molecule is COCCn1nc(C)c(NC(=O)CC2(CN)CCCCC2)c1C.Cl. The lowest BCUT2D eigenvalue weighted by molar-refractivity contribution is -0.118. The van der Waals surface area contributed by atoms with Crippen LogP contribution in [-0.2, 0) is 16.1 Å². The normalized spacial score (nSPS) is 16.5. The third kappa shape index (κ3) is 4.94. The van der Waals surface area contributed by atoms with Crippen LogP contribution in [0.5, 0.6) is 0 Å². The quantitative estimate of drug-likeness (QED) is 0.785. The van der Waals surface area contributed by atoms with E-state index in [-0.39, 0.29) is 23.7 Å². The summed E-state index contributed by atoms with van der Waals surface area (Å²) in [5, 5.41) is 7.55. The van der Waals surface area contributed by atoms with Gasteiger partial charge in [0.2, 0.25) is 5.91 Å². The average Bonchev–Trinajstić information content (AvgIpc) is 2.81. The Balaban J connectivity index is 0.00000288. The number of hydrogen-bond donors (Lipinski definition) is 2. The fourth-order valence-corrected chi connectivity index (χ4v) is 3.55. The highest BCUT2D eigenvalue weighted by atomic mass is 35.5. The van der Waals surface area contributed by atoms with Gasteiger partial charge in [-0.15, -0.1) is 12.4 Å². The Kier molecular flexibility index (Phi) is 8.19. The molecule has 3 N–H and O–H groups in total. The Morgan fingerprint density at radius 2 is 2.00 bits per heavy atom. The van der Waals surface area contributed by atoms with Crippen LogP contribution < -0.4 is 11.1 Å². The second kappa shape index (κ2) is 9.39. The van der Waals surface area contributed by atoms with Crippen LogP contribution in [0.15, 0.2) is 0 Å². The molecule has 0 aromatic carbocycles. The van der Waals surface area contributed by atoms with Gasteiger partial charge in [-0.2, -0.15) is 5.10 Å². The molecule has 1 fully saturated rings. The van der Waals surface area contributed by atoms with Crippen LogP contribution in [0.25, 0.3) is 0 Å². The zero-order valence-electron chi connectivity index (χ0n) is 15.1. The van der Waals surface area contributed by atoms with Gasteiger partial charge in [-0.1, -0.05) is 19.3 Å². The topological polar surface area (TPSA) is 82.2 Å². The van der Waals surface area contributed by atoms with Crippen molar-refractivity contribution in [2.75, 3.05) is 25.6 Å². The summed E-state index contributed by atoms with van der Waals surface area (Å²) in [7, 11) is 1.67. The van der Waals surface area contributed by atoms with Crippen molar-refractivity contribution in [3.8, 4) is 0 Å². The highest BCUT2D eigenvalue weighted by Crippen LogP contribution is 2.38. The molecule has 24 heavy (non-hydrogen) atoms. The lowest BCUT2D eigenvalue weighted by atomic mass is 9.71. The predicted octanol–water partition coefficient (Wildman–Crippen LogP) is 2.81. The highest BCUT2D eigenvalue weighted by molar-refractivity contribution is 5.92. The van der Waals surface area contributed by atoms with Crippen molar-refractivity contribution in [2.45, 2.75) is 58.9 Å². The Bertz CT molecular complexity index is 539. The first-order valence-electron chi connectivity index (χ1n) is 8.54. The van der Waals surface area contributed by atoms with Crippen LogP contribution in [0.4, 0.5) is 5.69 Å². The summed E-state index contributed by atoms with van der Waals surface area (Å²) in [6, 6.07) is 0. The number of nitrogens with one attached hydrogen (secondary N) is 1. The Morgan fingerprint density at radius 1 is 1.33 bits per heavy atom. The minimum atomic E-state index is -0.0177. The van der Waals surface area contributed by atoms with E-state index in [1.165, 1.54) is 19.3 Å². The van der Waals surface area contributed by atoms with Crippen LogP contribution >= 0.6 is 12.4 Å². The minimum Gasteiger partial charge on any atom is -0.383 e. The second-order valence-electron chi connectivity index (χ2n) is 6.75. The molecular weight excluding hydrogens is 328 g/mol. The molecule has 0 aliphatic heterocycles. The molecule has 1 amide bonds. The molecule has 0 radical (unpaired) electrons. The van der Waals surface area contributed by atoms with Crippen LogP contribution in [0.2, 0.25) is 0 Å². The molecule has 0 unspecified atom stereocenters. The number of anilines is 1. The number of nitrogens with zero attached hydrogens (tertiary/aromatic N) is 2. The molecule has 1 aliphatic carbocycles. The zero-order chi connectivity index (χ0) is 16.9. The van der Waals surface area contributed by atoms with E-state index in [1.54, 1.807) is 7.11 Å². The van der Waals surface area contributed by atoms with Crippen molar-refractivity contribution in [3.63, 3.8) is 0 Å². The number of amides is 1. The van der Waals surface area contributed by atoms with Crippen molar-refractivity contribution in [3.05, 3.63) is 11.4 Å². The van der Waals surface area contributed by atoms with Gasteiger partial charge in [0.15, 0.2) is 0 Å². The van der Waals surface area contributed by atoms with Gasteiger partial charge in [0.25, 0.3) is 0 Å². The summed E-state index contributed by atoms with van der Waals surface area (Å²) >= 11 is 0. The summed E-state index contributed by atoms with van der Waals surface area (Å²) in [6.45, 7) is 5.78. The lowest BCUT2D eigenvalue weighted by Gasteiger charge is -2.35. The number of ether oxygens (including phenoxy) is 1. The Hall–Kier alpha value is -1.11. The van der Waals surface area contributed by atoms with E-state index in [1.807, 2.05) is 18.5 Å². The standard InChI is InChI=1S/C17H30N4O2.ClH/c1-13-16(14(2)21(20-13)9-10-23-3)19-15(22)11-17(12-18)7-5-4-6-8-17;/h4-12,18H2,1-3H3,(H,19,22);1H. The van der Waals surface area contributed by atoms with E-state index in [0.29, 0.717) is 26.1 Å². The maximum atomic E-state index is 12.5. The van der Waals surface area contributed by atoms with E-state index in [4.69, 9.17) is 10.5 Å². The lowest BCUT2D eigenvalue weighted by Crippen LogP contribution is -2.36. The summed E-state index contributed by atoms with van der Waals surface area (Å²) < 4.78 is 6.98. The third-order valence-electron chi connectivity index (χ3n) is 5.04. The zero-order valence-corrected chi connectivity index (χ0v) is 15.9. The predicted molar refractivity (Wildman–Crippen MR) is 98.6 cm³/mol. The summed E-state index contributed by atoms with van der Waals surface area (Å²) in [5.74, 6) is 0.0508. The van der Waals surface area contributed by atoms with Crippen molar-refractivity contribution in [1.29, 1.82) is 0 Å². The number of halogens is 1. The molecule has 1 aromatic heterocycles. The summed E-state index contributed by atoms with van der Waals surface area (Å²) in [6.07, 6.45) is 6.23. The number of hydrogen-bond acceptors (Lipinski definition) is 4. The minimum absolute atomic E-state index is 0. The molecule has 1 heterocycles. The molecule has 0 bridgehead atoms. The maximum absolute atomic E-state index is 12.5. The monoisotopic (exact) mass is 358 g/mol. The molecule has 1 saturated carbocycles. The van der Waals surface area contributed by atoms with Gasteiger partial charge in [-0.3, -0.25) is 9.48 Å². The molecule has 6 nitrogen and oxygen atoms in total. The van der Waals surface area contributed by atoms with Gasteiger partial charge in [-0.25, -0.2) is 0 Å². The number of aromatic nitrogens is 2. The first-order valence-corrected chi connectivity index (χ1v) is 8.54. The van der Waals surface area contributed by atoms with Gasteiger partial charge in [0.1, 0.15) is 0 Å². The molecule has 7 heteroatoms. The van der Waals surface area contributed by atoms with Crippen molar-refractivity contribution in [2.24, 2.45) is 11.1 Å². The molecule has 1 aromatic rings. The summed E-state index contributed by atoms with van der Waals surface area (Å²) in [5.41, 5.74) is 8.61. The van der Waals surface area contributed by atoms with E-state index in [2.05, 4.69) is 10.4 Å². The summed E-state index contributed by atoms with van der Waals surface area (Å²) in [4.78, 5) is 12.5. The van der Waals surface area contributed by atoms with E-state index < -0.39 is 0 Å². The van der Waals surface area contributed by atoms with Crippen LogP contribution in [0, 0.1) is 19.3 Å². The molecule has 0 saturated heterocycles. The van der Waals surface area contributed by atoms with Crippen molar-refractivity contribution in [1.82, 2.24) is 9.78 Å². The second-order valence-corrected chi connectivity index (χ2v) is 6.75. The van der Waals surface area contributed by atoms with Gasteiger partial charge in [0, 0.05) is 13.5 Å². The van der Waals surface area contributed by atoms with Gasteiger partial charge >= 0.3 is 0 Å². The van der Waals surface area contributed by atoms with Gasteiger partial charge in [0.05, 0.1) is 30.2 Å². The van der Waals surface area contributed by atoms with Gasteiger partial charge < -0.3 is 15.8 Å². The molecule has 0 spiro atoms. The number of carbonyl (C=O) groups excluding carboxylic acids is 1. The third-order valence-corrected chi connectivity index (χ3v) is 5.04. The Labute approximate surface area is 150 Å². The number of carbonyl (C=O) groups is 1. The van der Waals surface area contributed by atoms with E-state index >= 15 is 0 Å². The van der Waals surface area contributed by atoms with Crippen LogP contribution in [-0.4, -0.2) is 35.9 Å². The van der Waals surface area contributed by atoms with Crippen LogP contribution in [0.1, 0.15) is 49.9 Å². The first-order chi connectivity index (χ1) is 11.0. The number of aryl methyl sites for hydroxylation is 1. The van der Waals surface area contributed by atoms with Crippen molar-refractivity contribution < 1.29 is 9.53 Å². The van der Waals surface area contributed by atoms with Crippen LogP contribution in [0.3, 0.4) is 0 Å². The van der Waals surface area contributed by atoms with E-state index in [9.17, 15) is 4.79 Å².